The van der Waals surface area contributed by atoms with E-state index < -0.39 is 0 Å². The molecule has 0 N–H and O–H groups in total. The number of amides is 1. The molecular weight excluding hydrogens is 146 g/mol. The first-order valence-electron chi connectivity index (χ1n) is 2.18. The molecular formula is C3H9NO2S2. The molecule has 1 aliphatic heterocycles. The average molecular weight is 155 g/mol. The van der Waals surface area contributed by atoms with E-state index in [1.165, 1.54) is 4.31 Å². The van der Waals surface area contributed by atoms with Crippen molar-refractivity contribution < 1.29 is 9.53 Å². The lowest BCUT2D eigenvalue weighted by Gasteiger charge is -2.09. The van der Waals surface area contributed by atoms with Gasteiger partial charge in [-0.15, -0.1) is 0 Å². The Hall–Kier alpha value is -0.0300. The summed E-state index contributed by atoms with van der Waals surface area (Å²) in [6, 6.07) is 0. The molecule has 8 heavy (non-hydrogen) atoms. The standard InChI is InChI=1S/C3H9NO2S2/c5-3-4(8)2(7)1-6-3/h2H,1H2,7-8H3. The van der Waals surface area contributed by atoms with Crippen molar-refractivity contribution in [1.29, 1.82) is 0 Å². The zero-order valence-electron chi connectivity index (χ0n) is 4.20. The minimum Gasteiger partial charge on any atom is -0.446 e. The molecule has 1 heterocycles. The predicted octanol–water partition coefficient (Wildman–Crippen LogP) is -0.532. The highest BCUT2D eigenvalue weighted by Crippen LogP contribution is 2.16. The number of hydrogen-bond acceptors (Lipinski definition) is 2. The van der Waals surface area contributed by atoms with E-state index in [4.69, 9.17) is 0 Å². The molecule has 3 nitrogen and oxygen atoms in total. The second-order valence-electron chi connectivity index (χ2n) is 1.55. The Morgan fingerprint density at radius 3 is 2.62 bits per heavy atom. The maximum atomic E-state index is 10.5. The van der Waals surface area contributed by atoms with Crippen LogP contribution in [-0.4, -0.2) is 22.4 Å². The van der Waals surface area contributed by atoms with E-state index in [1.807, 2.05) is 0 Å². The zero-order valence-corrected chi connectivity index (χ0v) is 6.51. The Bertz CT molecular complexity index is 118. The first-order valence-corrected chi connectivity index (χ1v) is 3.36. The first-order chi connectivity index (χ1) is 3.72. The van der Waals surface area contributed by atoms with Crippen molar-refractivity contribution in [3.8, 4) is 0 Å². The molecule has 0 aromatic carbocycles. The van der Waals surface area contributed by atoms with Crippen LogP contribution in [-0.2, 0) is 4.74 Å². The summed E-state index contributed by atoms with van der Waals surface area (Å²) < 4.78 is 6.09. The van der Waals surface area contributed by atoms with Crippen LogP contribution in [0.4, 0.5) is 4.79 Å². The topological polar surface area (TPSA) is 29.5 Å². The molecule has 0 aromatic rings. The lowest BCUT2D eigenvalue weighted by molar-refractivity contribution is 0.171. The normalized spacial score (nSPS) is 29.8. The largest absolute Gasteiger partial charge is 0.446 e. The molecule has 1 amide bonds. The molecule has 0 saturated carbocycles. The van der Waals surface area contributed by atoms with Crippen molar-refractivity contribution in [2.45, 2.75) is 5.37 Å². The lowest BCUT2D eigenvalue weighted by atomic mass is 10.7. The van der Waals surface area contributed by atoms with Crippen molar-refractivity contribution >= 4 is 31.5 Å². The molecule has 0 aliphatic carbocycles. The molecule has 0 aromatic heterocycles. The number of cyclic esters (lactones) is 1. The van der Waals surface area contributed by atoms with Crippen LogP contribution in [0.25, 0.3) is 0 Å². The highest BCUT2D eigenvalue weighted by Gasteiger charge is 2.25. The Morgan fingerprint density at radius 2 is 2.50 bits per heavy atom. The fourth-order valence-electron chi connectivity index (χ4n) is 0.447. The molecule has 0 spiro atoms. The van der Waals surface area contributed by atoms with Crippen LogP contribution in [0.15, 0.2) is 0 Å². The maximum Gasteiger partial charge on any atom is 0.419 e. The van der Waals surface area contributed by atoms with Crippen LogP contribution in [0.3, 0.4) is 0 Å². The van der Waals surface area contributed by atoms with Crippen molar-refractivity contribution in [2.75, 3.05) is 6.61 Å². The second-order valence-corrected chi connectivity index (χ2v) is 2.88. The Kier molecular flexibility index (Phi) is 1.57. The fraction of sp³-hybridized carbons (Fsp3) is 0.667. The Morgan fingerprint density at radius 1 is 1.88 bits per heavy atom. The predicted molar refractivity (Wildman–Crippen MR) is 40.5 cm³/mol. The third-order valence-corrected chi connectivity index (χ3v) is 2.40. The summed E-state index contributed by atoms with van der Waals surface area (Å²) in [5.74, 6) is 0. The number of nitrogens with zero attached hydrogens (tertiary/aromatic N) is 1. The van der Waals surface area contributed by atoms with Crippen LogP contribution >= 0.6 is 25.4 Å². The second kappa shape index (κ2) is 2.06. The van der Waals surface area contributed by atoms with E-state index in [9.17, 15) is 4.79 Å². The lowest BCUT2D eigenvalue weighted by Crippen LogP contribution is -2.18. The maximum absolute atomic E-state index is 10.5. The molecule has 1 rings (SSSR count). The van der Waals surface area contributed by atoms with E-state index in [0.717, 1.165) is 0 Å². The molecule has 0 radical (unpaired) electrons. The summed E-state index contributed by atoms with van der Waals surface area (Å²) in [6.07, 6.45) is -0.269. The quantitative estimate of drug-likeness (QED) is 0.470. The monoisotopic (exact) mass is 155 g/mol. The van der Waals surface area contributed by atoms with Gasteiger partial charge in [0.05, 0.1) is 0 Å². The van der Waals surface area contributed by atoms with Crippen molar-refractivity contribution in [3.05, 3.63) is 0 Å². The first kappa shape index (κ1) is 6.10. The van der Waals surface area contributed by atoms with Gasteiger partial charge < -0.3 is 4.74 Å². The van der Waals surface area contributed by atoms with Gasteiger partial charge in [0, 0.05) is 0 Å². The smallest absolute Gasteiger partial charge is 0.419 e. The van der Waals surface area contributed by atoms with Gasteiger partial charge in [0.25, 0.3) is 0 Å². The van der Waals surface area contributed by atoms with Crippen molar-refractivity contribution in [1.82, 2.24) is 4.31 Å². The van der Waals surface area contributed by atoms with Crippen molar-refractivity contribution in [3.63, 3.8) is 0 Å². The van der Waals surface area contributed by atoms with Gasteiger partial charge in [-0.25, -0.2) is 4.79 Å². The number of ether oxygens (including phenoxy) is 1. The molecule has 1 aliphatic rings. The van der Waals surface area contributed by atoms with Gasteiger partial charge in [0.2, 0.25) is 0 Å². The van der Waals surface area contributed by atoms with Crippen LogP contribution in [0.5, 0.6) is 0 Å². The highest BCUT2D eigenvalue weighted by atomic mass is 32.1. The summed E-state index contributed by atoms with van der Waals surface area (Å²) in [7, 11) is 0. The van der Waals surface area contributed by atoms with E-state index in [0.29, 0.717) is 6.61 Å². The summed E-state index contributed by atoms with van der Waals surface area (Å²) in [6.45, 7) is 0.479. The number of rotatable bonds is 0. The third-order valence-electron chi connectivity index (χ3n) is 0.946. The average Bonchev–Trinajstić information content (AvgIpc) is 1.98. The molecule has 1 atom stereocenters. The number of hydrogen-bond donors (Lipinski definition) is 0. The number of carbonyl (C=O) groups excluding carboxylic acids is 1. The Balaban J connectivity index is 2.56. The minimum absolute atomic E-state index is 0.132. The molecule has 1 saturated heterocycles. The molecule has 0 bridgehead atoms. The Labute approximate surface area is 57.9 Å². The third kappa shape index (κ3) is 0.877. The van der Waals surface area contributed by atoms with E-state index in [-0.39, 0.29) is 11.5 Å². The van der Waals surface area contributed by atoms with E-state index >= 15 is 0 Å². The van der Waals surface area contributed by atoms with Crippen LogP contribution in [0.2, 0.25) is 0 Å². The van der Waals surface area contributed by atoms with Gasteiger partial charge in [0.1, 0.15) is 12.0 Å². The van der Waals surface area contributed by atoms with Crippen LogP contribution in [0.1, 0.15) is 0 Å². The van der Waals surface area contributed by atoms with Gasteiger partial charge in [0.15, 0.2) is 0 Å². The molecule has 1 fully saturated rings. The van der Waals surface area contributed by atoms with Gasteiger partial charge in [-0.2, -0.15) is 12.8 Å². The minimum atomic E-state index is -0.269. The van der Waals surface area contributed by atoms with Gasteiger partial charge in [-0.1, -0.05) is 0 Å². The van der Waals surface area contributed by atoms with Gasteiger partial charge in [-0.05, 0) is 0 Å². The summed E-state index contributed by atoms with van der Waals surface area (Å²) in [4.78, 5) is 10.5. The zero-order chi connectivity index (χ0) is 6.15. The summed E-state index contributed by atoms with van der Waals surface area (Å²) >= 11 is 4.78. The van der Waals surface area contributed by atoms with Crippen LogP contribution < -0.4 is 0 Å². The van der Waals surface area contributed by atoms with Gasteiger partial charge >= 0.3 is 6.09 Å². The fourth-order valence-corrected chi connectivity index (χ4v) is 0.825. The highest BCUT2D eigenvalue weighted by molar-refractivity contribution is 7.83. The van der Waals surface area contributed by atoms with E-state index in [1.54, 1.807) is 0 Å². The summed E-state index contributed by atoms with van der Waals surface area (Å²) in [5.41, 5.74) is 0. The van der Waals surface area contributed by atoms with E-state index in [2.05, 4.69) is 30.2 Å². The van der Waals surface area contributed by atoms with Crippen LogP contribution in [0, 0.1) is 0 Å². The molecule has 1 unspecified atom stereocenters. The van der Waals surface area contributed by atoms with Gasteiger partial charge in [-0.3, -0.25) is 16.9 Å². The molecule has 5 heteroatoms. The SMILES string of the molecule is O=C1OCC([SH3])N1[SH3]. The van der Waals surface area contributed by atoms with Crippen molar-refractivity contribution in [2.24, 2.45) is 0 Å². The molecule has 50 valence electrons. The summed E-state index contributed by atoms with van der Waals surface area (Å²) in [5, 5.41) is 0.132. The number of carbonyl (C=O) groups is 1.